The summed E-state index contributed by atoms with van der Waals surface area (Å²) in [6.07, 6.45) is 1.12. The van der Waals surface area contributed by atoms with Crippen LogP contribution in [-0.2, 0) is 18.7 Å². The van der Waals surface area contributed by atoms with Gasteiger partial charge in [0.25, 0.3) is 0 Å². The number of hydrogen-bond donors (Lipinski definition) is 2. The third-order valence-electron chi connectivity index (χ3n) is 6.78. The monoisotopic (exact) mass is 522 g/mol. The Bertz CT molecular complexity index is 1070. The summed E-state index contributed by atoms with van der Waals surface area (Å²) in [6, 6.07) is 1.84. The number of aromatic nitrogens is 3. The van der Waals surface area contributed by atoms with E-state index in [4.69, 9.17) is 18.6 Å². The van der Waals surface area contributed by atoms with Gasteiger partial charge in [0.15, 0.2) is 26.0 Å². The third kappa shape index (κ3) is 6.44. The Kier molecular flexibility index (Phi) is 8.21. The molecular weight excluding hydrogens is 480 g/mol. The Morgan fingerprint density at radius 2 is 1.94 bits per heavy atom. The lowest BCUT2D eigenvalue weighted by atomic mass is 10.2. The van der Waals surface area contributed by atoms with Gasteiger partial charge in [0.2, 0.25) is 17.7 Å². The normalized spacial score (nSPS) is 21.4. The van der Waals surface area contributed by atoms with Crippen molar-refractivity contribution in [3.63, 3.8) is 0 Å². The number of rotatable bonds is 9. The summed E-state index contributed by atoms with van der Waals surface area (Å²) in [6.45, 7) is 18.2. The number of methoxy groups -OCH3 is 1. The summed E-state index contributed by atoms with van der Waals surface area (Å²) in [5, 5.41) is 13.9. The minimum atomic E-state index is -1.97. The first-order valence-electron chi connectivity index (χ1n) is 12.5. The fourth-order valence-electron chi connectivity index (χ4n) is 3.74. The zero-order valence-corrected chi connectivity index (χ0v) is 24.2. The molecule has 36 heavy (non-hydrogen) atoms. The number of aliphatic hydroxyl groups is 1. The van der Waals surface area contributed by atoms with Crippen LogP contribution in [0.25, 0.3) is 11.0 Å². The number of nitrogens with one attached hydrogen (secondary N) is 1. The molecule has 11 heteroatoms. The molecule has 2 aromatic heterocycles. The Labute approximate surface area is 214 Å². The van der Waals surface area contributed by atoms with Crippen LogP contribution in [0.3, 0.4) is 0 Å². The Hall–Kier alpha value is -2.05. The second-order valence-electron chi connectivity index (χ2n) is 11.7. The number of ether oxygens (including phenoxy) is 3. The van der Waals surface area contributed by atoms with Gasteiger partial charge in [-0.25, -0.2) is 0 Å². The second-order valence-corrected chi connectivity index (χ2v) is 16.5. The maximum absolute atomic E-state index is 12.3. The van der Waals surface area contributed by atoms with Crippen molar-refractivity contribution in [3.8, 4) is 5.88 Å². The van der Waals surface area contributed by atoms with Gasteiger partial charge >= 0.3 is 0 Å². The molecule has 1 amide bonds. The summed E-state index contributed by atoms with van der Waals surface area (Å²) in [7, 11) is -0.451. The fourth-order valence-corrected chi connectivity index (χ4v) is 4.78. The van der Waals surface area contributed by atoms with E-state index in [0.717, 1.165) is 0 Å². The van der Waals surface area contributed by atoms with Crippen LogP contribution in [0.2, 0.25) is 18.1 Å². The summed E-state index contributed by atoms with van der Waals surface area (Å²) in [5.41, 5.74) is 0.529. The molecule has 0 bridgehead atoms. The minimum Gasteiger partial charge on any atom is -0.480 e. The van der Waals surface area contributed by atoms with Crippen LogP contribution < -0.4 is 10.1 Å². The topological polar surface area (TPSA) is 117 Å². The van der Waals surface area contributed by atoms with E-state index >= 15 is 0 Å². The molecule has 0 aromatic carbocycles. The van der Waals surface area contributed by atoms with E-state index < -0.39 is 26.4 Å². The van der Waals surface area contributed by atoms with E-state index in [9.17, 15) is 9.90 Å². The smallest absolute Gasteiger partial charge is 0.234 e. The highest BCUT2D eigenvalue weighted by Crippen LogP contribution is 2.40. The molecular formula is C25H42N4O6Si. The van der Waals surface area contributed by atoms with Crippen molar-refractivity contribution in [3.05, 3.63) is 12.3 Å². The quantitative estimate of drug-likeness (QED) is 0.366. The highest BCUT2D eigenvalue weighted by Gasteiger charge is 2.43. The van der Waals surface area contributed by atoms with Gasteiger partial charge in [0.05, 0.1) is 25.2 Å². The molecule has 1 aliphatic heterocycles. The Balaban J connectivity index is 1.95. The molecule has 0 aliphatic carbocycles. The molecule has 3 heterocycles. The van der Waals surface area contributed by atoms with E-state index in [0.29, 0.717) is 29.9 Å². The summed E-state index contributed by atoms with van der Waals surface area (Å²) >= 11 is 0. The predicted octanol–water partition coefficient (Wildman–Crippen LogP) is 4.46. The number of carbonyl (C=O) groups is 1. The molecule has 202 valence electrons. The maximum Gasteiger partial charge on any atom is 0.234 e. The first-order chi connectivity index (χ1) is 16.5. The van der Waals surface area contributed by atoms with Gasteiger partial charge in [-0.2, -0.15) is 9.97 Å². The van der Waals surface area contributed by atoms with Crippen LogP contribution in [0.15, 0.2) is 12.3 Å². The lowest BCUT2D eigenvalue weighted by Gasteiger charge is -2.36. The molecule has 1 saturated heterocycles. The van der Waals surface area contributed by atoms with Crippen LogP contribution in [0, 0.1) is 5.92 Å². The number of fused-ring (bicyclic) bond motifs is 1. The molecule has 0 radical (unpaired) electrons. The average Bonchev–Trinajstić information content (AvgIpc) is 3.33. The molecule has 2 N–H and O–H groups in total. The van der Waals surface area contributed by atoms with Gasteiger partial charge in [-0.1, -0.05) is 34.6 Å². The number of nitrogens with zero attached hydrogens (tertiary/aromatic N) is 3. The Morgan fingerprint density at radius 3 is 2.50 bits per heavy atom. The van der Waals surface area contributed by atoms with Gasteiger partial charge < -0.3 is 28.3 Å². The van der Waals surface area contributed by atoms with Crippen LogP contribution in [0.1, 0.15) is 61.1 Å². The molecule has 0 saturated carbocycles. The van der Waals surface area contributed by atoms with Crippen molar-refractivity contribution >= 4 is 31.2 Å². The maximum atomic E-state index is 12.3. The van der Waals surface area contributed by atoms with Crippen molar-refractivity contribution in [2.24, 2.45) is 5.92 Å². The standard InChI is InChI=1S/C25H42N4O6Si/c1-15(2)20(30)27-23-26-19-17(21(28-23)32-8)11-12-29(19)22-18(35-25(6,7)31)13-16(34-22)14-33-36(9,10)24(3,4)5/h11-12,15-16,18,22,31H,13-14H2,1-10H3,(H,26,27,28,30)/t16-,18+,22+/m0/s1. The SMILES string of the molecule is COc1nc(NC(=O)C(C)C)nc2c1ccn2[C@@H]1O[C@H](CO[Si](C)(C)C(C)(C)C)C[C@H]1OC(C)(C)O. The molecule has 0 spiro atoms. The van der Waals surface area contributed by atoms with E-state index in [-0.39, 0.29) is 28.9 Å². The molecule has 3 atom stereocenters. The van der Waals surface area contributed by atoms with Gasteiger partial charge in [0.1, 0.15) is 6.10 Å². The van der Waals surface area contributed by atoms with Crippen LogP contribution in [0.4, 0.5) is 5.95 Å². The molecule has 2 aromatic rings. The van der Waals surface area contributed by atoms with Crippen molar-refractivity contribution < 1.29 is 28.5 Å². The fraction of sp³-hybridized carbons (Fsp3) is 0.720. The lowest BCUT2D eigenvalue weighted by Crippen LogP contribution is -2.42. The molecule has 1 aliphatic rings. The number of amides is 1. The Morgan fingerprint density at radius 1 is 1.28 bits per heavy atom. The number of hydrogen-bond acceptors (Lipinski definition) is 8. The van der Waals surface area contributed by atoms with Crippen LogP contribution >= 0.6 is 0 Å². The van der Waals surface area contributed by atoms with Crippen molar-refractivity contribution in [2.75, 3.05) is 19.0 Å². The first kappa shape index (κ1) is 28.5. The van der Waals surface area contributed by atoms with E-state index in [1.165, 1.54) is 7.11 Å². The van der Waals surface area contributed by atoms with Crippen molar-refractivity contribution in [2.45, 2.75) is 97.2 Å². The van der Waals surface area contributed by atoms with Crippen molar-refractivity contribution in [1.29, 1.82) is 0 Å². The van der Waals surface area contributed by atoms with Gasteiger partial charge in [0, 0.05) is 18.5 Å². The van der Waals surface area contributed by atoms with Crippen molar-refractivity contribution in [1.82, 2.24) is 14.5 Å². The average molecular weight is 523 g/mol. The summed E-state index contributed by atoms with van der Waals surface area (Å²) in [5.74, 6) is -1.29. The summed E-state index contributed by atoms with van der Waals surface area (Å²) in [4.78, 5) is 21.2. The van der Waals surface area contributed by atoms with Crippen LogP contribution in [0.5, 0.6) is 5.88 Å². The molecule has 3 rings (SSSR count). The zero-order valence-electron chi connectivity index (χ0n) is 23.2. The largest absolute Gasteiger partial charge is 0.480 e. The highest BCUT2D eigenvalue weighted by atomic mass is 28.4. The first-order valence-corrected chi connectivity index (χ1v) is 15.4. The number of carbonyl (C=O) groups excluding carboxylic acids is 1. The predicted molar refractivity (Wildman–Crippen MR) is 140 cm³/mol. The highest BCUT2D eigenvalue weighted by molar-refractivity contribution is 6.74. The lowest BCUT2D eigenvalue weighted by molar-refractivity contribution is -0.222. The third-order valence-corrected chi connectivity index (χ3v) is 11.3. The van der Waals surface area contributed by atoms with Gasteiger partial charge in [-0.3, -0.25) is 10.1 Å². The van der Waals surface area contributed by atoms with Gasteiger partial charge in [-0.05, 0) is 38.0 Å². The van der Waals surface area contributed by atoms with Crippen LogP contribution in [-0.4, -0.2) is 65.6 Å². The minimum absolute atomic E-state index is 0.0783. The zero-order chi connectivity index (χ0) is 27.1. The van der Waals surface area contributed by atoms with E-state index in [2.05, 4.69) is 49.1 Å². The molecule has 10 nitrogen and oxygen atoms in total. The second kappa shape index (κ2) is 10.4. The van der Waals surface area contributed by atoms with E-state index in [1.54, 1.807) is 27.7 Å². The van der Waals surface area contributed by atoms with E-state index in [1.807, 2.05) is 16.8 Å². The molecule has 1 fully saturated rings. The van der Waals surface area contributed by atoms with Gasteiger partial charge in [-0.15, -0.1) is 0 Å². The summed E-state index contributed by atoms with van der Waals surface area (Å²) < 4.78 is 26.2. The number of anilines is 1. The molecule has 0 unspecified atom stereocenters.